The zero-order valence-electron chi connectivity index (χ0n) is 12.1. The van der Waals surface area contributed by atoms with E-state index in [1.54, 1.807) is 5.56 Å². The third kappa shape index (κ3) is 4.53. The molecule has 1 aromatic carbocycles. The molecule has 0 heterocycles. The summed E-state index contributed by atoms with van der Waals surface area (Å²) in [4.78, 5) is 0. The zero-order chi connectivity index (χ0) is 12.7. The highest BCUT2D eigenvalue weighted by molar-refractivity contribution is 5.31. The average molecular weight is 232 g/mol. The SMILES string of the molecule is CCCCCC(CCC)c1ccc(C)c(C)c1. The molecule has 1 atom stereocenters. The quantitative estimate of drug-likeness (QED) is 0.524. The van der Waals surface area contributed by atoms with E-state index in [4.69, 9.17) is 0 Å². The van der Waals surface area contributed by atoms with Crippen molar-refractivity contribution in [2.75, 3.05) is 0 Å². The third-order valence-corrected chi connectivity index (χ3v) is 3.80. The second-order valence-electron chi connectivity index (χ2n) is 5.33. The van der Waals surface area contributed by atoms with Crippen molar-refractivity contribution in [2.24, 2.45) is 0 Å². The van der Waals surface area contributed by atoms with Crippen LogP contribution in [-0.2, 0) is 0 Å². The first-order valence-corrected chi connectivity index (χ1v) is 7.26. The van der Waals surface area contributed by atoms with Crippen LogP contribution >= 0.6 is 0 Å². The molecule has 0 saturated heterocycles. The average Bonchev–Trinajstić information content (AvgIpc) is 2.32. The zero-order valence-corrected chi connectivity index (χ0v) is 12.1. The maximum absolute atomic E-state index is 2.40. The molecule has 1 rings (SSSR count). The molecule has 0 radical (unpaired) electrons. The minimum Gasteiger partial charge on any atom is -0.0654 e. The largest absolute Gasteiger partial charge is 0.0654 e. The standard InChI is InChI=1S/C17H28/c1-5-7-8-10-16(9-6-2)17-12-11-14(3)15(4)13-17/h11-13,16H,5-10H2,1-4H3. The van der Waals surface area contributed by atoms with Gasteiger partial charge in [-0.2, -0.15) is 0 Å². The van der Waals surface area contributed by atoms with Crippen molar-refractivity contribution in [3.63, 3.8) is 0 Å². The lowest BCUT2D eigenvalue weighted by molar-refractivity contribution is 0.529. The molecular weight excluding hydrogens is 204 g/mol. The summed E-state index contributed by atoms with van der Waals surface area (Å²) in [6.07, 6.45) is 8.09. The van der Waals surface area contributed by atoms with Crippen molar-refractivity contribution >= 4 is 0 Å². The van der Waals surface area contributed by atoms with Crippen molar-refractivity contribution < 1.29 is 0 Å². The van der Waals surface area contributed by atoms with E-state index in [1.165, 1.54) is 49.7 Å². The third-order valence-electron chi connectivity index (χ3n) is 3.80. The van der Waals surface area contributed by atoms with Gasteiger partial charge in [-0.3, -0.25) is 0 Å². The molecular formula is C17H28. The topological polar surface area (TPSA) is 0 Å². The Labute approximate surface area is 107 Å². The fraction of sp³-hybridized carbons (Fsp3) is 0.647. The summed E-state index contributed by atoms with van der Waals surface area (Å²) in [5.74, 6) is 0.783. The van der Waals surface area contributed by atoms with E-state index in [9.17, 15) is 0 Å². The summed E-state index contributed by atoms with van der Waals surface area (Å²) < 4.78 is 0. The van der Waals surface area contributed by atoms with E-state index in [1.807, 2.05) is 0 Å². The van der Waals surface area contributed by atoms with E-state index in [0.29, 0.717) is 0 Å². The highest BCUT2D eigenvalue weighted by Crippen LogP contribution is 2.28. The van der Waals surface area contributed by atoms with Crippen molar-refractivity contribution in [1.82, 2.24) is 0 Å². The molecule has 0 aliphatic heterocycles. The second kappa shape index (κ2) is 7.53. The maximum Gasteiger partial charge on any atom is -0.0162 e. The van der Waals surface area contributed by atoms with Gasteiger partial charge in [-0.25, -0.2) is 0 Å². The Morgan fingerprint density at radius 3 is 2.24 bits per heavy atom. The van der Waals surface area contributed by atoms with Crippen LogP contribution in [0.2, 0.25) is 0 Å². The Bertz CT molecular complexity index is 325. The highest BCUT2D eigenvalue weighted by Gasteiger charge is 2.10. The first-order chi connectivity index (χ1) is 8.19. The minimum absolute atomic E-state index is 0.783. The van der Waals surface area contributed by atoms with E-state index in [2.05, 4.69) is 45.9 Å². The number of rotatable bonds is 7. The summed E-state index contributed by atoms with van der Waals surface area (Å²) >= 11 is 0. The summed E-state index contributed by atoms with van der Waals surface area (Å²) in [7, 11) is 0. The fourth-order valence-corrected chi connectivity index (χ4v) is 2.49. The predicted molar refractivity (Wildman–Crippen MR) is 77.7 cm³/mol. The van der Waals surface area contributed by atoms with Crippen LogP contribution in [-0.4, -0.2) is 0 Å². The normalized spacial score (nSPS) is 12.7. The Balaban J connectivity index is 2.70. The highest BCUT2D eigenvalue weighted by atomic mass is 14.2. The van der Waals surface area contributed by atoms with Crippen molar-refractivity contribution in [1.29, 1.82) is 0 Å². The van der Waals surface area contributed by atoms with Gasteiger partial charge in [-0.1, -0.05) is 57.7 Å². The Kier molecular flexibility index (Phi) is 6.32. The minimum atomic E-state index is 0.783. The molecule has 0 N–H and O–H groups in total. The molecule has 17 heavy (non-hydrogen) atoms. The molecule has 0 aliphatic rings. The smallest absolute Gasteiger partial charge is 0.0162 e. The molecule has 1 unspecified atom stereocenters. The first-order valence-electron chi connectivity index (χ1n) is 7.26. The molecule has 0 aliphatic carbocycles. The van der Waals surface area contributed by atoms with Crippen LogP contribution in [0.5, 0.6) is 0 Å². The molecule has 0 saturated carbocycles. The Morgan fingerprint density at radius 2 is 1.65 bits per heavy atom. The molecule has 0 bridgehead atoms. The summed E-state index contributed by atoms with van der Waals surface area (Å²) in [6, 6.07) is 7.03. The van der Waals surface area contributed by atoms with Crippen molar-refractivity contribution in [3.8, 4) is 0 Å². The molecule has 0 spiro atoms. The molecule has 0 aromatic heterocycles. The van der Waals surface area contributed by atoms with Gasteiger partial charge in [0.15, 0.2) is 0 Å². The molecule has 96 valence electrons. The fourth-order valence-electron chi connectivity index (χ4n) is 2.49. The number of hydrogen-bond donors (Lipinski definition) is 0. The molecule has 0 fully saturated rings. The van der Waals surface area contributed by atoms with Crippen LogP contribution in [0.4, 0.5) is 0 Å². The lowest BCUT2D eigenvalue weighted by atomic mass is 9.88. The van der Waals surface area contributed by atoms with E-state index in [-0.39, 0.29) is 0 Å². The number of benzene rings is 1. The van der Waals surface area contributed by atoms with Gasteiger partial charge in [-0.15, -0.1) is 0 Å². The van der Waals surface area contributed by atoms with Gasteiger partial charge >= 0.3 is 0 Å². The van der Waals surface area contributed by atoms with Crippen LogP contribution in [0.1, 0.15) is 75.0 Å². The van der Waals surface area contributed by atoms with Crippen LogP contribution < -0.4 is 0 Å². The number of aryl methyl sites for hydroxylation is 2. The summed E-state index contributed by atoms with van der Waals surface area (Å²) in [5, 5.41) is 0. The van der Waals surface area contributed by atoms with E-state index >= 15 is 0 Å². The summed E-state index contributed by atoms with van der Waals surface area (Å²) in [5.41, 5.74) is 4.42. The Morgan fingerprint density at radius 1 is 0.882 bits per heavy atom. The summed E-state index contributed by atoms with van der Waals surface area (Å²) in [6.45, 7) is 9.01. The van der Waals surface area contributed by atoms with Crippen LogP contribution in [0.15, 0.2) is 18.2 Å². The van der Waals surface area contributed by atoms with Gasteiger partial charge in [0.2, 0.25) is 0 Å². The van der Waals surface area contributed by atoms with Crippen LogP contribution in [0, 0.1) is 13.8 Å². The molecule has 0 amide bonds. The van der Waals surface area contributed by atoms with Gasteiger partial charge in [0.1, 0.15) is 0 Å². The Hall–Kier alpha value is -0.780. The lowest BCUT2D eigenvalue weighted by Gasteiger charge is -2.17. The van der Waals surface area contributed by atoms with Gasteiger partial charge in [0.25, 0.3) is 0 Å². The predicted octanol–water partition coefficient (Wildman–Crippen LogP) is 5.77. The van der Waals surface area contributed by atoms with Crippen molar-refractivity contribution in [3.05, 3.63) is 34.9 Å². The number of hydrogen-bond acceptors (Lipinski definition) is 0. The molecule has 0 nitrogen and oxygen atoms in total. The molecule has 1 aromatic rings. The van der Waals surface area contributed by atoms with Gasteiger partial charge in [0.05, 0.1) is 0 Å². The van der Waals surface area contributed by atoms with Gasteiger partial charge in [-0.05, 0) is 49.3 Å². The maximum atomic E-state index is 2.40. The van der Waals surface area contributed by atoms with Crippen LogP contribution in [0.25, 0.3) is 0 Å². The van der Waals surface area contributed by atoms with E-state index in [0.717, 1.165) is 5.92 Å². The first kappa shape index (κ1) is 14.3. The molecule has 0 heteroatoms. The van der Waals surface area contributed by atoms with Gasteiger partial charge < -0.3 is 0 Å². The van der Waals surface area contributed by atoms with E-state index < -0.39 is 0 Å². The lowest BCUT2D eigenvalue weighted by Crippen LogP contribution is -2.00. The number of unbranched alkanes of at least 4 members (excludes halogenated alkanes) is 2. The van der Waals surface area contributed by atoms with Crippen LogP contribution in [0.3, 0.4) is 0 Å². The second-order valence-corrected chi connectivity index (χ2v) is 5.33. The van der Waals surface area contributed by atoms with Gasteiger partial charge in [0, 0.05) is 0 Å². The monoisotopic (exact) mass is 232 g/mol. The van der Waals surface area contributed by atoms with Crippen molar-refractivity contribution in [2.45, 2.75) is 72.1 Å².